The fraction of sp³-hybridized carbons (Fsp3) is 0.435. The topological polar surface area (TPSA) is 74.3 Å². The zero-order chi connectivity index (χ0) is 20.8. The molecule has 0 saturated carbocycles. The molecule has 0 bridgehead atoms. The van der Waals surface area contributed by atoms with E-state index < -0.39 is 0 Å². The van der Waals surface area contributed by atoms with E-state index in [-0.39, 0.29) is 23.8 Å². The summed E-state index contributed by atoms with van der Waals surface area (Å²) in [5.41, 5.74) is 2.02. The minimum absolute atomic E-state index is 0.00510. The average Bonchev–Trinajstić information content (AvgIpc) is 2.74. The number of amides is 2. The van der Waals surface area contributed by atoms with Gasteiger partial charge in [-0.05, 0) is 62.5 Å². The quantitative estimate of drug-likeness (QED) is 0.780. The molecule has 1 aromatic heterocycles. The molecule has 0 spiro atoms. The molecule has 1 unspecified atom stereocenters. The number of carbonyl (C=O) groups is 2. The third-order valence-electron chi connectivity index (χ3n) is 5.58. The normalized spacial score (nSPS) is 16.4. The molecule has 6 heteroatoms. The average molecular weight is 395 g/mol. The van der Waals surface area contributed by atoms with Crippen LogP contribution in [0.25, 0.3) is 0 Å². The van der Waals surface area contributed by atoms with Crippen LogP contribution in [0.5, 0.6) is 0 Å². The monoisotopic (exact) mass is 394 g/mol. The number of piperidine rings is 1. The highest BCUT2D eigenvalue weighted by molar-refractivity contribution is 5.95. The summed E-state index contributed by atoms with van der Waals surface area (Å²) >= 11 is 0. The molecule has 1 fully saturated rings. The molecule has 29 heavy (non-hydrogen) atoms. The summed E-state index contributed by atoms with van der Waals surface area (Å²) in [7, 11) is 0. The number of para-hydroxylation sites is 1. The molecule has 0 aliphatic carbocycles. The number of anilines is 2. The predicted octanol–water partition coefficient (Wildman–Crippen LogP) is 3.88. The molecule has 6 nitrogen and oxygen atoms in total. The number of likely N-dealkylation sites (tertiary alicyclic amines) is 1. The zero-order valence-electron chi connectivity index (χ0n) is 17.4. The van der Waals surface area contributed by atoms with E-state index in [1.165, 1.54) is 0 Å². The molecular formula is C23H30N4O2. The van der Waals surface area contributed by atoms with Crippen LogP contribution in [0.3, 0.4) is 0 Å². The van der Waals surface area contributed by atoms with Crippen molar-refractivity contribution in [3.05, 3.63) is 54.2 Å². The van der Waals surface area contributed by atoms with Crippen molar-refractivity contribution in [2.45, 2.75) is 45.6 Å². The molecule has 1 aliphatic heterocycles. The summed E-state index contributed by atoms with van der Waals surface area (Å²) in [6.07, 6.45) is 3.13. The van der Waals surface area contributed by atoms with Crippen LogP contribution in [0.15, 0.2) is 48.7 Å². The van der Waals surface area contributed by atoms with E-state index in [0.717, 1.165) is 37.2 Å². The predicted molar refractivity (Wildman–Crippen MR) is 116 cm³/mol. The Hall–Kier alpha value is -2.73. The molecule has 2 N–H and O–H groups in total. The third-order valence-corrected chi connectivity index (χ3v) is 5.58. The summed E-state index contributed by atoms with van der Waals surface area (Å²) < 4.78 is 0. The van der Waals surface area contributed by atoms with Crippen LogP contribution in [0.2, 0.25) is 0 Å². The van der Waals surface area contributed by atoms with Gasteiger partial charge in [0.05, 0.1) is 6.04 Å². The van der Waals surface area contributed by atoms with Gasteiger partial charge in [-0.3, -0.25) is 14.5 Å². The first-order valence-electron chi connectivity index (χ1n) is 10.3. The second-order valence-corrected chi connectivity index (χ2v) is 7.92. The van der Waals surface area contributed by atoms with Crippen molar-refractivity contribution < 1.29 is 9.59 Å². The maximum absolute atomic E-state index is 12.8. The van der Waals surface area contributed by atoms with Gasteiger partial charge in [-0.25, -0.2) is 4.98 Å². The highest BCUT2D eigenvalue weighted by atomic mass is 16.2. The van der Waals surface area contributed by atoms with Crippen molar-refractivity contribution in [2.75, 3.05) is 23.7 Å². The van der Waals surface area contributed by atoms with Crippen LogP contribution in [0, 0.1) is 5.92 Å². The SMILES string of the molecule is CC(C)c1ccccc1NC(=O)C(C)N1CCC(C(=O)Nc2ccccn2)CC1. The first-order valence-corrected chi connectivity index (χ1v) is 10.3. The van der Waals surface area contributed by atoms with Gasteiger partial charge >= 0.3 is 0 Å². The molecule has 1 aromatic carbocycles. The number of hydrogen-bond donors (Lipinski definition) is 2. The Morgan fingerprint density at radius 3 is 2.34 bits per heavy atom. The Balaban J connectivity index is 1.52. The minimum Gasteiger partial charge on any atom is -0.324 e. The number of pyridine rings is 1. The van der Waals surface area contributed by atoms with Gasteiger partial charge in [0.15, 0.2) is 0 Å². The van der Waals surface area contributed by atoms with Crippen molar-refractivity contribution in [1.29, 1.82) is 0 Å². The fourth-order valence-corrected chi connectivity index (χ4v) is 3.73. The Labute approximate surface area is 172 Å². The van der Waals surface area contributed by atoms with Gasteiger partial charge in [0.2, 0.25) is 11.8 Å². The zero-order valence-corrected chi connectivity index (χ0v) is 17.4. The van der Waals surface area contributed by atoms with E-state index in [1.54, 1.807) is 12.3 Å². The molecule has 3 rings (SSSR count). The lowest BCUT2D eigenvalue weighted by atomic mass is 9.94. The summed E-state index contributed by atoms with van der Waals surface area (Å²) in [5, 5.41) is 5.97. The summed E-state index contributed by atoms with van der Waals surface area (Å²) in [5.74, 6) is 0.873. The first kappa shape index (κ1) is 21.0. The molecule has 0 radical (unpaired) electrons. The number of nitrogens with zero attached hydrogens (tertiary/aromatic N) is 2. The lowest BCUT2D eigenvalue weighted by molar-refractivity contribution is -0.123. The van der Waals surface area contributed by atoms with Gasteiger partial charge in [0.25, 0.3) is 0 Å². The second-order valence-electron chi connectivity index (χ2n) is 7.92. The standard InChI is InChI=1S/C23H30N4O2/c1-16(2)19-8-4-5-9-20(19)25-22(28)17(3)27-14-11-18(12-15-27)23(29)26-21-10-6-7-13-24-21/h4-10,13,16-18H,11-12,14-15H2,1-3H3,(H,25,28)(H,24,26,29). The highest BCUT2D eigenvalue weighted by Crippen LogP contribution is 2.25. The number of nitrogens with one attached hydrogen (secondary N) is 2. The molecule has 2 heterocycles. The lowest BCUT2D eigenvalue weighted by Gasteiger charge is -2.34. The number of rotatable bonds is 6. The van der Waals surface area contributed by atoms with Crippen molar-refractivity contribution in [2.24, 2.45) is 5.92 Å². The largest absolute Gasteiger partial charge is 0.324 e. The van der Waals surface area contributed by atoms with E-state index in [2.05, 4.69) is 40.4 Å². The van der Waals surface area contributed by atoms with Crippen molar-refractivity contribution in [3.63, 3.8) is 0 Å². The van der Waals surface area contributed by atoms with Crippen LogP contribution in [-0.2, 0) is 9.59 Å². The van der Waals surface area contributed by atoms with Crippen molar-refractivity contribution in [1.82, 2.24) is 9.88 Å². The Morgan fingerprint density at radius 2 is 1.69 bits per heavy atom. The summed E-state index contributed by atoms with van der Waals surface area (Å²) in [4.78, 5) is 31.6. The maximum atomic E-state index is 12.8. The van der Waals surface area contributed by atoms with Crippen LogP contribution < -0.4 is 10.6 Å². The Bertz CT molecular complexity index is 830. The number of benzene rings is 1. The van der Waals surface area contributed by atoms with Gasteiger partial charge in [-0.15, -0.1) is 0 Å². The van der Waals surface area contributed by atoms with Gasteiger partial charge in [0.1, 0.15) is 5.82 Å². The van der Waals surface area contributed by atoms with E-state index in [0.29, 0.717) is 11.7 Å². The van der Waals surface area contributed by atoms with Crippen LogP contribution in [-0.4, -0.2) is 40.8 Å². The molecule has 2 aromatic rings. The van der Waals surface area contributed by atoms with Gasteiger partial charge in [0, 0.05) is 17.8 Å². The Morgan fingerprint density at radius 1 is 1.00 bits per heavy atom. The molecule has 1 saturated heterocycles. The third kappa shape index (κ3) is 5.41. The fourth-order valence-electron chi connectivity index (χ4n) is 3.73. The molecular weight excluding hydrogens is 364 g/mol. The van der Waals surface area contributed by atoms with Gasteiger partial charge < -0.3 is 10.6 Å². The van der Waals surface area contributed by atoms with Gasteiger partial charge in [-0.2, -0.15) is 0 Å². The minimum atomic E-state index is -0.241. The van der Waals surface area contributed by atoms with Crippen molar-refractivity contribution >= 4 is 23.3 Å². The number of hydrogen-bond acceptors (Lipinski definition) is 4. The van der Waals surface area contributed by atoms with E-state index in [9.17, 15) is 9.59 Å². The first-order chi connectivity index (χ1) is 14.0. The Kier molecular flexibility index (Phi) is 6.99. The number of carbonyl (C=O) groups excluding carboxylic acids is 2. The highest BCUT2D eigenvalue weighted by Gasteiger charge is 2.30. The van der Waals surface area contributed by atoms with Crippen molar-refractivity contribution in [3.8, 4) is 0 Å². The second kappa shape index (κ2) is 9.65. The maximum Gasteiger partial charge on any atom is 0.241 e. The van der Waals surface area contributed by atoms with Crippen LogP contribution in [0.4, 0.5) is 11.5 Å². The summed E-state index contributed by atoms with van der Waals surface area (Å²) in [6, 6.07) is 13.2. The molecule has 1 atom stereocenters. The smallest absolute Gasteiger partial charge is 0.241 e. The van der Waals surface area contributed by atoms with E-state index in [1.807, 2.05) is 37.3 Å². The molecule has 1 aliphatic rings. The van der Waals surface area contributed by atoms with E-state index in [4.69, 9.17) is 0 Å². The molecule has 2 amide bonds. The number of aromatic nitrogens is 1. The van der Waals surface area contributed by atoms with Crippen LogP contribution >= 0.6 is 0 Å². The summed E-state index contributed by atoms with van der Waals surface area (Å²) in [6.45, 7) is 7.62. The van der Waals surface area contributed by atoms with Crippen LogP contribution in [0.1, 0.15) is 45.1 Å². The molecule has 154 valence electrons. The van der Waals surface area contributed by atoms with Gasteiger partial charge in [-0.1, -0.05) is 38.1 Å². The van der Waals surface area contributed by atoms with E-state index >= 15 is 0 Å². The lowest BCUT2D eigenvalue weighted by Crippen LogP contribution is -2.47.